The minimum atomic E-state index is -0.319. The molecule has 0 aliphatic heterocycles. The summed E-state index contributed by atoms with van der Waals surface area (Å²) in [5, 5.41) is 9.26. The molecule has 19 heavy (non-hydrogen) atoms. The van der Waals surface area contributed by atoms with E-state index in [2.05, 4.69) is 31.9 Å². The van der Waals surface area contributed by atoms with Gasteiger partial charge in [-0.25, -0.2) is 4.39 Å². The Morgan fingerprint density at radius 2 is 1.89 bits per heavy atom. The molecule has 2 nitrogen and oxygen atoms in total. The van der Waals surface area contributed by atoms with E-state index in [0.717, 1.165) is 8.95 Å². The van der Waals surface area contributed by atoms with Gasteiger partial charge in [0.2, 0.25) is 0 Å². The van der Waals surface area contributed by atoms with Gasteiger partial charge in [-0.05, 0) is 40.2 Å². The molecule has 0 bridgehead atoms. The third-order valence-electron chi connectivity index (χ3n) is 2.60. The number of hydrogen-bond donors (Lipinski definition) is 1. The van der Waals surface area contributed by atoms with E-state index in [1.165, 1.54) is 6.07 Å². The van der Waals surface area contributed by atoms with Crippen LogP contribution in [-0.4, -0.2) is 5.11 Å². The fourth-order valence-electron chi connectivity index (χ4n) is 1.64. The van der Waals surface area contributed by atoms with E-state index in [1.807, 2.05) is 12.1 Å². The van der Waals surface area contributed by atoms with Gasteiger partial charge in [0, 0.05) is 15.6 Å². The molecule has 0 aliphatic carbocycles. The summed E-state index contributed by atoms with van der Waals surface area (Å²) in [6, 6.07) is 10.1. The van der Waals surface area contributed by atoms with Gasteiger partial charge in [-0.3, -0.25) is 0 Å². The maximum atomic E-state index is 13.6. The summed E-state index contributed by atoms with van der Waals surface area (Å²) in [7, 11) is 0. The van der Waals surface area contributed by atoms with Gasteiger partial charge in [-0.1, -0.05) is 28.1 Å². The molecule has 5 heteroatoms. The van der Waals surface area contributed by atoms with Gasteiger partial charge in [0.05, 0.1) is 11.1 Å². The molecule has 0 spiro atoms. The summed E-state index contributed by atoms with van der Waals surface area (Å²) < 4.78 is 20.7. The second-order valence-electron chi connectivity index (χ2n) is 3.91. The van der Waals surface area contributed by atoms with E-state index in [0.29, 0.717) is 16.9 Å². The Morgan fingerprint density at radius 1 is 1.11 bits per heavy atom. The molecule has 0 fully saturated rings. The van der Waals surface area contributed by atoms with Crippen molar-refractivity contribution in [1.29, 1.82) is 0 Å². The molecule has 0 saturated heterocycles. The first-order valence-electron chi connectivity index (χ1n) is 5.57. The van der Waals surface area contributed by atoms with Crippen molar-refractivity contribution in [3.8, 4) is 5.75 Å². The lowest BCUT2D eigenvalue weighted by Gasteiger charge is -2.12. The number of hydrogen-bond acceptors (Lipinski definition) is 2. The Labute approximate surface area is 127 Å². The van der Waals surface area contributed by atoms with Gasteiger partial charge in [0.25, 0.3) is 0 Å². The maximum Gasteiger partial charge on any atom is 0.139 e. The zero-order valence-electron chi connectivity index (χ0n) is 9.87. The molecular weight excluding hydrogens is 379 g/mol. The lowest BCUT2D eigenvalue weighted by atomic mass is 10.2. The molecule has 0 atom stereocenters. The number of halogens is 3. The second-order valence-corrected chi connectivity index (χ2v) is 5.68. The van der Waals surface area contributed by atoms with Crippen LogP contribution in [-0.2, 0) is 13.2 Å². The molecule has 0 saturated carbocycles. The van der Waals surface area contributed by atoms with Gasteiger partial charge in [0.1, 0.15) is 18.2 Å². The highest BCUT2D eigenvalue weighted by molar-refractivity contribution is 9.10. The van der Waals surface area contributed by atoms with Crippen molar-refractivity contribution in [3.05, 3.63) is 62.3 Å². The standard InChI is InChI=1S/C14H11Br2FO2/c15-11-4-5-13(17)10(6-11)8-19-14-9(7-18)2-1-3-12(14)16/h1-6,18H,7-8H2. The van der Waals surface area contributed by atoms with E-state index < -0.39 is 0 Å². The molecule has 0 unspecified atom stereocenters. The average molecular weight is 390 g/mol. The van der Waals surface area contributed by atoms with Crippen LogP contribution in [0.3, 0.4) is 0 Å². The Morgan fingerprint density at radius 3 is 2.63 bits per heavy atom. The molecule has 0 heterocycles. The summed E-state index contributed by atoms with van der Waals surface area (Å²) in [6.45, 7) is -0.0311. The largest absolute Gasteiger partial charge is 0.487 e. The number of benzene rings is 2. The van der Waals surface area contributed by atoms with E-state index in [9.17, 15) is 9.50 Å². The normalized spacial score (nSPS) is 10.5. The van der Waals surface area contributed by atoms with Crippen molar-refractivity contribution in [2.45, 2.75) is 13.2 Å². The molecule has 0 radical (unpaired) electrons. The highest BCUT2D eigenvalue weighted by Gasteiger charge is 2.09. The Kier molecular flexibility index (Phi) is 4.96. The minimum absolute atomic E-state index is 0.0981. The highest BCUT2D eigenvalue weighted by Crippen LogP contribution is 2.30. The van der Waals surface area contributed by atoms with Crippen LogP contribution in [0.5, 0.6) is 5.75 Å². The first-order valence-corrected chi connectivity index (χ1v) is 7.15. The molecule has 1 N–H and O–H groups in total. The van der Waals surface area contributed by atoms with Gasteiger partial charge in [0.15, 0.2) is 0 Å². The van der Waals surface area contributed by atoms with E-state index in [4.69, 9.17) is 4.74 Å². The highest BCUT2D eigenvalue weighted by atomic mass is 79.9. The van der Waals surface area contributed by atoms with Crippen LogP contribution in [0.4, 0.5) is 4.39 Å². The lowest BCUT2D eigenvalue weighted by Crippen LogP contribution is -2.01. The lowest BCUT2D eigenvalue weighted by molar-refractivity contribution is 0.256. The van der Waals surface area contributed by atoms with Crippen LogP contribution in [0, 0.1) is 5.82 Å². The van der Waals surface area contributed by atoms with Crippen molar-refractivity contribution < 1.29 is 14.2 Å². The van der Waals surface area contributed by atoms with Crippen molar-refractivity contribution in [2.75, 3.05) is 0 Å². The van der Waals surface area contributed by atoms with E-state index in [1.54, 1.807) is 18.2 Å². The Bertz CT molecular complexity index is 588. The quantitative estimate of drug-likeness (QED) is 0.838. The third-order valence-corrected chi connectivity index (χ3v) is 3.72. The van der Waals surface area contributed by atoms with Crippen LogP contribution in [0.2, 0.25) is 0 Å². The van der Waals surface area contributed by atoms with E-state index in [-0.39, 0.29) is 19.0 Å². The first kappa shape index (κ1) is 14.5. The van der Waals surface area contributed by atoms with Crippen molar-refractivity contribution >= 4 is 31.9 Å². The van der Waals surface area contributed by atoms with Crippen molar-refractivity contribution in [1.82, 2.24) is 0 Å². The van der Waals surface area contributed by atoms with Gasteiger partial charge in [-0.15, -0.1) is 0 Å². The minimum Gasteiger partial charge on any atom is -0.487 e. The molecular formula is C14H11Br2FO2. The zero-order chi connectivity index (χ0) is 13.8. The molecule has 0 aromatic heterocycles. The topological polar surface area (TPSA) is 29.5 Å². The van der Waals surface area contributed by atoms with Gasteiger partial charge in [-0.2, -0.15) is 0 Å². The van der Waals surface area contributed by atoms with Crippen molar-refractivity contribution in [3.63, 3.8) is 0 Å². The van der Waals surface area contributed by atoms with Crippen LogP contribution in [0.1, 0.15) is 11.1 Å². The zero-order valence-corrected chi connectivity index (χ0v) is 13.0. The Hall–Kier alpha value is -0.910. The number of rotatable bonds is 4. The van der Waals surface area contributed by atoms with Crippen LogP contribution >= 0.6 is 31.9 Å². The number of ether oxygens (including phenoxy) is 1. The Balaban J connectivity index is 2.21. The molecule has 0 amide bonds. The maximum absolute atomic E-state index is 13.6. The molecule has 0 aliphatic rings. The summed E-state index contributed by atoms with van der Waals surface area (Å²) in [5.74, 6) is 0.213. The third kappa shape index (κ3) is 3.55. The average Bonchev–Trinajstić information content (AvgIpc) is 2.40. The van der Waals surface area contributed by atoms with Gasteiger partial charge < -0.3 is 9.84 Å². The summed E-state index contributed by atoms with van der Waals surface area (Å²) in [5.41, 5.74) is 1.11. The second kappa shape index (κ2) is 6.50. The monoisotopic (exact) mass is 388 g/mol. The van der Waals surface area contributed by atoms with Crippen LogP contribution in [0.15, 0.2) is 45.3 Å². The van der Waals surface area contributed by atoms with Crippen molar-refractivity contribution in [2.24, 2.45) is 0 Å². The molecule has 100 valence electrons. The summed E-state index contributed by atoms with van der Waals surface area (Å²) >= 11 is 6.65. The predicted molar refractivity (Wildman–Crippen MR) is 78.5 cm³/mol. The number of aliphatic hydroxyl groups excluding tert-OH is 1. The van der Waals surface area contributed by atoms with Gasteiger partial charge >= 0.3 is 0 Å². The first-order chi connectivity index (χ1) is 9.11. The number of aliphatic hydroxyl groups is 1. The summed E-state index contributed by atoms with van der Waals surface area (Å²) in [6.07, 6.45) is 0. The fourth-order valence-corrected chi connectivity index (χ4v) is 2.57. The SMILES string of the molecule is OCc1cccc(Br)c1OCc1cc(Br)ccc1F. The molecule has 2 aromatic rings. The van der Waals surface area contributed by atoms with Crippen LogP contribution < -0.4 is 4.74 Å². The molecule has 2 aromatic carbocycles. The number of para-hydroxylation sites is 1. The molecule has 2 rings (SSSR count). The predicted octanol–water partition coefficient (Wildman–Crippen LogP) is 4.42. The fraction of sp³-hybridized carbons (Fsp3) is 0.143. The summed E-state index contributed by atoms with van der Waals surface area (Å²) in [4.78, 5) is 0. The smallest absolute Gasteiger partial charge is 0.139 e. The van der Waals surface area contributed by atoms with Crippen LogP contribution in [0.25, 0.3) is 0 Å². The van der Waals surface area contributed by atoms with E-state index >= 15 is 0 Å².